The molecule has 0 radical (unpaired) electrons. The number of hydrogen-bond donors (Lipinski definition) is 1. The number of carboxylic acids is 1. The van der Waals surface area contributed by atoms with Crippen LogP contribution in [0.5, 0.6) is 0 Å². The number of carboxylic acid groups (broad SMARTS) is 1. The normalized spacial score (nSPS) is 13.9. The van der Waals surface area contributed by atoms with Crippen molar-refractivity contribution in [3.05, 3.63) is 58.0 Å². The first-order valence-corrected chi connectivity index (χ1v) is 6.82. The van der Waals surface area contributed by atoms with Crippen molar-refractivity contribution in [3.8, 4) is 0 Å². The summed E-state index contributed by atoms with van der Waals surface area (Å²) in [5, 5.41) is 9.36. The van der Waals surface area contributed by atoms with Crippen molar-refractivity contribution in [1.29, 1.82) is 0 Å². The molecule has 0 bridgehead atoms. The molecule has 108 valence electrons. The van der Waals surface area contributed by atoms with E-state index in [-0.39, 0.29) is 16.9 Å². The number of benzene rings is 1. The number of nitrogens with zero attached hydrogens (tertiary/aromatic N) is 1. The van der Waals surface area contributed by atoms with Crippen molar-refractivity contribution in [1.82, 2.24) is 4.90 Å². The summed E-state index contributed by atoms with van der Waals surface area (Å²) in [6.07, 6.45) is 0.512. The van der Waals surface area contributed by atoms with E-state index < -0.39 is 5.97 Å². The van der Waals surface area contributed by atoms with E-state index in [4.69, 9.17) is 16.0 Å². The Balaban J connectivity index is 1.86. The minimum absolute atomic E-state index is 0.170. The van der Waals surface area contributed by atoms with Crippen LogP contribution < -0.4 is 0 Å². The van der Waals surface area contributed by atoms with Gasteiger partial charge in [0.15, 0.2) is 11.0 Å². The molecule has 0 atom stereocenters. The Morgan fingerprint density at radius 3 is 2.71 bits per heavy atom. The molecule has 2 aromatic rings. The minimum atomic E-state index is -0.940. The summed E-state index contributed by atoms with van der Waals surface area (Å²) in [4.78, 5) is 25.1. The van der Waals surface area contributed by atoms with Crippen molar-refractivity contribution in [2.24, 2.45) is 0 Å². The Kier molecular flexibility index (Phi) is 3.43. The lowest BCUT2D eigenvalue weighted by atomic mass is 9.94. The van der Waals surface area contributed by atoms with Gasteiger partial charge in [-0.15, -0.1) is 0 Å². The maximum absolute atomic E-state index is 12.3. The summed E-state index contributed by atoms with van der Waals surface area (Å²) < 4.78 is 5.13. The number of rotatable bonds is 2. The van der Waals surface area contributed by atoms with Crippen LogP contribution in [-0.2, 0) is 13.0 Å². The van der Waals surface area contributed by atoms with Crippen LogP contribution >= 0.6 is 11.6 Å². The largest absolute Gasteiger partial charge is 0.478 e. The molecule has 0 unspecified atom stereocenters. The van der Waals surface area contributed by atoms with Gasteiger partial charge < -0.3 is 14.4 Å². The predicted molar refractivity (Wildman–Crippen MR) is 75.6 cm³/mol. The molecule has 0 fully saturated rings. The molecule has 0 saturated carbocycles. The van der Waals surface area contributed by atoms with Crippen LogP contribution in [0.15, 0.2) is 34.7 Å². The van der Waals surface area contributed by atoms with Gasteiger partial charge in [-0.1, -0.05) is 12.1 Å². The van der Waals surface area contributed by atoms with Crippen molar-refractivity contribution in [2.75, 3.05) is 6.54 Å². The number of fused-ring (bicyclic) bond motifs is 1. The van der Waals surface area contributed by atoms with Gasteiger partial charge in [-0.05, 0) is 47.3 Å². The summed E-state index contributed by atoms with van der Waals surface area (Å²) >= 11 is 5.68. The molecule has 0 saturated heterocycles. The van der Waals surface area contributed by atoms with Gasteiger partial charge in [0.05, 0.1) is 5.56 Å². The fourth-order valence-corrected chi connectivity index (χ4v) is 2.71. The molecule has 6 heteroatoms. The molecule has 0 spiro atoms. The molecule has 5 nitrogen and oxygen atoms in total. The van der Waals surface area contributed by atoms with Crippen molar-refractivity contribution < 1.29 is 19.1 Å². The molecule has 1 N–H and O–H groups in total. The molecule has 0 aliphatic carbocycles. The zero-order chi connectivity index (χ0) is 15.0. The number of carbonyl (C=O) groups is 2. The zero-order valence-electron chi connectivity index (χ0n) is 11.0. The Morgan fingerprint density at radius 2 is 2.05 bits per heavy atom. The van der Waals surface area contributed by atoms with Crippen LogP contribution in [0.3, 0.4) is 0 Å². The van der Waals surface area contributed by atoms with Crippen LogP contribution in [0.2, 0.25) is 5.22 Å². The van der Waals surface area contributed by atoms with Crippen LogP contribution in [0.1, 0.15) is 32.0 Å². The topological polar surface area (TPSA) is 70.8 Å². The maximum Gasteiger partial charge on any atom is 0.335 e. The van der Waals surface area contributed by atoms with Crippen LogP contribution in [0.4, 0.5) is 0 Å². The highest BCUT2D eigenvalue weighted by Gasteiger charge is 2.26. The van der Waals surface area contributed by atoms with E-state index in [1.165, 1.54) is 12.1 Å². The highest BCUT2D eigenvalue weighted by molar-refractivity contribution is 6.29. The van der Waals surface area contributed by atoms with Gasteiger partial charge in [0.25, 0.3) is 5.91 Å². The number of carbonyl (C=O) groups excluding carboxylic acids is 1. The SMILES string of the molecule is O=C(O)c1cccc2c1CCN(C(=O)c1ccc(Cl)o1)C2. The summed E-state index contributed by atoms with van der Waals surface area (Å²) in [5.74, 6) is -0.990. The van der Waals surface area contributed by atoms with E-state index in [0.29, 0.717) is 25.1 Å². The molecule has 1 aromatic carbocycles. The third kappa shape index (κ3) is 2.52. The fourth-order valence-electron chi connectivity index (χ4n) is 2.57. The quantitative estimate of drug-likeness (QED) is 0.926. The molecule has 1 aliphatic heterocycles. The number of aromatic carboxylic acids is 1. The summed E-state index contributed by atoms with van der Waals surface area (Å²) in [6, 6.07) is 8.18. The summed E-state index contributed by atoms with van der Waals surface area (Å²) in [5.41, 5.74) is 1.96. The number of halogens is 1. The average Bonchev–Trinajstić information content (AvgIpc) is 2.91. The van der Waals surface area contributed by atoms with E-state index in [1.807, 2.05) is 6.07 Å². The van der Waals surface area contributed by atoms with Gasteiger partial charge in [0.2, 0.25) is 0 Å². The van der Waals surface area contributed by atoms with Crippen molar-refractivity contribution in [3.63, 3.8) is 0 Å². The van der Waals surface area contributed by atoms with Gasteiger partial charge in [-0.2, -0.15) is 0 Å². The van der Waals surface area contributed by atoms with Gasteiger partial charge in [0, 0.05) is 13.1 Å². The highest BCUT2D eigenvalue weighted by Crippen LogP contribution is 2.24. The first-order chi connectivity index (χ1) is 10.1. The summed E-state index contributed by atoms with van der Waals surface area (Å²) in [7, 11) is 0. The molecule has 1 amide bonds. The van der Waals surface area contributed by atoms with Crippen molar-refractivity contribution >= 4 is 23.5 Å². The lowest BCUT2D eigenvalue weighted by molar-refractivity contribution is 0.0691. The molecular formula is C15H12ClNO4. The number of hydrogen-bond acceptors (Lipinski definition) is 3. The third-order valence-electron chi connectivity index (χ3n) is 3.57. The second-order valence-electron chi connectivity index (χ2n) is 4.83. The Morgan fingerprint density at radius 1 is 1.24 bits per heavy atom. The van der Waals surface area contributed by atoms with Gasteiger partial charge >= 0.3 is 5.97 Å². The Labute approximate surface area is 125 Å². The van der Waals surface area contributed by atoms with Gasteiger partial charge in [-0.25, -0.2) is 4.79 Å². The van der Waals surface area contributed by atoms with E-state index >= 15 is 0 Å². The van der Waals surface area contributed by atoms with Crippen LogP contribution in [0, 0.1) is 0 Å². The third-order valence-corrected chi connectivity index (χ3v) is 3.77. The monoisotopic (exact) mass is 305 g/mol. The fraction of sp³-hybridized carbons (Fsp3) is 0.200. The molecule has 2 heterocycles. The minimum Gasteiger partial charge on any atom is -0.478 e. The lowest BCUT2D eigenvalue weighted by Crippen LogP contribution is -2.36. The highest BCUT2D eigenvalue weighted by atomic mass is 35.5. The summed E-state index contributed by atoms with van der Waals surface area (Å²) in [6.45, 7) is 0.821. The molecule has 1 aromatic heterocycles. The van der Waals surface area contributed by atoms with E-state index in [1.54, 1.807) is 17.0 Å². The van der Waals surface area contributed by atoms with E-state index in [9.17, 15) is 14.7 Å². The number of amides is 1. The molecule has 1 aliphatic rings. The second kappa shape index (κ2) is 5.26. The Hall–Kier alpha value is -2.27. The average molecular weight is 306 g/mol. The lowest BCUT2D eigenvalue weighted by Gasteiger charge is -2.29. The Bertz CT molecular complexity index is 722. The van der Waals surface area contributed by atoms with Crippen LogP contribution in [-0.4, -0.2) is 28.4 Å². The first-order valence-electron chi connectivity index (χ1n) is 6.45. The zero-order valence-corrected chi connectivity index (χ0v) is 11.8. The standard InChI is InChI=1S/C15H12ClNO4/c16-13-5-4-12(21-13)14(18)17-7-6-10-9(8-17)2-1-3-11(10)15(19)20/h1-5H,6-8H2,(H,19,20). The smallest absolute Gasteiger partial charge is 0.335 e. The van der Waals surface area contributed by atoms with Crippen LogP contribution in [0.25, 0.3) is 0 Å². The van der Waals surface area contributed by atoms with Gasteiger partial charge in [0.1, 0.15) is 0 Å². The number of furan rings is 1. The predicted octanol–water partition coefficient (Wildman–Crippen LogP) is 2.83. The van der Waals surface area contributed by atoms with E-state index in [0.717, 1.165) is 11.1 Å². The molecule has 21 heavy (non-hydrogen) atoms. The molecule has 3 rings (SSSR count). The first kappa shape index (κ1) is 13.7. The second-order valence-corrected chi connectivity index (χ2v) is 5.20. The maximum atomic E-state index is 12.3. The van der Waals surface area contributed by atoms with Gasteiger partial charge in [-0.3, -0.25) is 4.79 Å². The molecular weight excluding hydrogens is 294 g/mol. The van der Waals surface area contributed by atoms with E-state index in [2.05, 4.69) is 0 Å². The van der Waals surface area contributed by atoms with Crippen molar-refractivity contribution in [2.45, 2.75) is 13.0 Å².